The fourth-order valence-electron chi connectivity index (χ4n) is 1.60. The van der Waals surface area contributed by atoms with Crippen LogP contribution in [0.2, 0.25) is 5.02 Å². The minimum Gasteiger partial charge on any atom is -0.0843 e. The first-order valence-corrected chi connectivity index (χ1v) is 5.48. The molecule has 0 aliphatic carbocycles. The van der Waals surface area contributed by atoms with Crippen LogP contribution >= 0.6 is 11.6 Å². The van der Waals surface area contributed by atoms with E-state index in [4.69, 9.17) is 19.8 Å². The van der Waals surface area contributed by atoms with Crippen molar-refractivity contribution in [2.24, 2.45) is 0 Å². The number of fused-ring (bicyclic) bond motifs is 1. The van der Waals surface area contributed by atoms with Gasteiger partial charge in [0.1, 0.15) is 0 Å². The topological polar surface area (TPSA) is 0 Å². The Balaban J connectivity index is 2.57. The molecule has 1 heteroatoms. The van der Waals surface area contributed by atoms with Gasteiger partial charge in [-0.05, 0) is 40.0 Å². The fraction of sp³-hybridized carbons (Fsp3) is 0. The van der Waals surface area contributed by atoms with E-state index in [9.17, 15) is 0 Å². The second kappa shape index (κ2) is 4.23. The maximum absolute atomic E-state index is 8.39. The molecular weight excluding hydrogens is 228 g/mol. The Hall–Kier alpha value is -1.79. The predicted octanol–water partition coefficient (Wildman–Crippen LogP) is 5.16. The van der Waals surface area contributed by atoms with Gasteiger partial charge in [0.05, 0.1) is 8.22 Å². The lowest BCUT2D eigenvalue weighted by atomic mass is 10.0. The van der Waals surface area contributed by atoms with E-state index in [-0.39, 0.29) is 57.6 Å². The number of rotatable bonds is 1. The van der Waals surface area contributed by atoms with E-state index in [1.54, 1.807) is 30.3 Å². The average molecular weight is 245 g/mol. The third-order valence-corrected chi connectivity index (χ3v) is 2.60. The first kappa shape index (κ1) is 5.70. The summed E-state index contributed by atoms with van der Waals surface area (Å²) in [7, 11) is 0. The van der Waals surface area contributed by atoms with Crippen molar-refractivity contribution < 1.29 is 8.22 Å². The lowest BCUT2D eigenvalue weighted by Crippen LogP contribution is -1.78. The minimum atomic E-state index is -0.339. The zero-order chi connectivity index (χ0) is 16.9. The summed E-state index contributed by atoms with van der Waals surface area (Å²) >= 11 is 5.89. The van der Waals surface area contributed by atoms with Gasteiger partial charge >= 0.3 is 0 Å². The van der Waals surface area contributed by atoms with E-state index < -0.39 is 0 Å². The van der Waals surface area contributed by atoms with Crippen LogP contribution in [-0.2, 0) is 0 Å². The van der Waals surface area contributed by atoms with Gasteiger partial charge in [-0.1, -0.05) is 60.1 Å². The van der Waals surface area contributed by atoms with Gasteiger partial charge in [-0.25, -0.2) is 0 Å². The lowest BCUT2D eigenvalue weighted by Gasteiger charge is -2.04. The van der Waals surface area contributed by atoms with E-state index in [1.165, 1.54) is 0 Å². The summed E-state index contributed by atoms with van der Waals surface area (Å²) in [6.07, 6.45) is 0. The third kappa shape index (κ3) is 2.04. The molecule has 0 saturated carbocycles. The van der Waals surface area contributed by atoms with E-state index in [2.05, 4.69) is 0 Å². The SMILES string of the molecule is [2H]c1c(-c2ccccc2)c([2H])c2c([2H])c([2H])c(Cl)c([2H])c2c1[2H]. The molecule has 0 unspecified atom stereocenters. The van der Waals surface area contributed by atoms with Crippen molar-refractivity contribution in [3.63, 3.8) is 0 Å². The molecule has 0 bridgehead atoms. The van der Waals surface area contributed by atoms with Crippen LogP contribution in [0.3, 0.4) is 0 Å². The standard InChI is InChI=1S/C16H11Cl/c17-16-9-8-14-10-13(6-7-15(14)11-16)12-4-2-1-3-5-12/h1-11H/i6D,7D,8D,9D,10D,11D. The van der Waals surface area contributed by atoms with Crippen LogP contribution in [0.1, 0.15) is 8.22 Å². The third-order valence-electron chi connectivity index (χ3n) is 2.41. The van der Waals surface area contributed by atoms with Crippen LogP contribution in [0, 0.1) is 0 Å². The molecule has 0 nitrogen and oxygen atoms in total. The van der Waals surface area contributed by atoms with Crippen LogP contribution in [0.5, 0.6) is 0 Å². The molecule has 0 radical (unpaired) electrons. The van der Waals surface area contributed by atoms with Crippen LogP contribution in [-0.4, -0.2) is 0 Å². The van der Waals surface area contributed by atoms with Crippen molar-refractivity contribution >= 4 is 22.4 Å². The largest absolute Gasteiger partial charge is 0.0843 e. The summed E-state index contributed by atoms with van der Waals surface area (Å²) in [6, 6.07) is 7.29. The second-order valence-electron chi connectivity index (χ2n) is 3.56. The molecule has 0 N–H and O–H groups in total. The zero-order valence-electron chi connectivity index (χ0n) is 14.8. The van der Waals surface area contributed by atoms with Crippen LogP contribution in [0.25, 0.3) is 21.9 Å². The summed E-state index contributed by atoms with van der Waals surface area (Å²) in [5.74, 6) is 0. The highest BCUT2D eigenvalue weighted by Crippen LogP contribution is 2.26. The number of halogens is 1. The molecule has 0 saturated heterocycles. The molecule has 0 atom stereocenters. The van der Waals surface area contributed by atoms with E-state index in [0.29, 0.717) is 5.56 Å². The second-order valence-corrected chi connectivity index (χ2v) is 3.93. The summed E-state index contributed by atoms with van der Waals surface area (Å²) in [5.41, 5.74) is 0.808. The smallest absolute Gasteiger partial charge is 0.0645 e. The Labute approximate surface area is 114 Å². The fourth-order valence-corrected chi connectivity index (χ4v) is 1.74. The Kier molecular flexibility index (Phi) is 1.42. The first-order valence-electron chi connectivity index (χ1n) is 8.10. The molecule has 0 heterocycles. The van der Waals surface area contributed by atoms with E-state index in [1.807, 2.05) is 0 Å². The van der Waals surface area contributed by atoms with Gasteiger partial charge < -0.3 is 0 Å². The van der Waals surface area contributed by atoms with Crippen molar-refractivity contribution in [3.05, 3.63) is 71.6 Å². The summed E-state index contributed by atoms with van der Waals surface area (Å²) < 4.78 is 48.7. The molecule has 0 fully saturated rings. The van der Waals surface area contributed by atoms with Crippen molar-refractivity contribution in [1.82, 2.24) is 0 Å². The molecule has 82 valence electrons. The molecule has 3 aromatic rings. The highest BCUT2D eigenvalue weighted by atomic mass is 35.5. The maximum atomic E-state index is 8.39. The molecule has 0 amide bonds. The van der Waals surface area contributed by atoms with Crippen molar-refractivity contribution in [2.45, 2.75) is 0 Å². The lowest BCUT2D eigenvalue weighted by molar-refractivity contribution is 1.64. The number of benzene rings is 3. The van der Waals surface area contributed by atoms with Crippen molar-refractivity contribution in [1.29, 1.82) is 0 Å². The highest BCUT2D eigenvalue weighted by Gasteiger charge is 1.99. The normalized spacial score (nSPS) is 15.6. The van der Waals surface area contributed by atoms with Gasteiger partial charge in [-0.3, -0.25) is 0 Å². The van der Waals surface area contributed by atoms with Gasteiger partial charge in [0.15, 0.2) is 0 Å². The monoisotopic (exact) mass is 244 g/mol. The summed E-state index contributed by atoms with van der Waals surface area (Å²) in [5, 5.41) is -0.239. The zero-order valence-corrected chi connectivity index (χ0v) is 9.52. The molecule has 17 heavy (non-hydrogen) atoms. The summed E-state index contributed by atoms with van der Waals surface area (Å²) in [4.78, 5) is 0. The Morgan fingerprint density at radius 2 is 1.47 bits per heavy atom. The quantitative estimate of drug-likeness (QED) is 0.555. The molecule has 3 rings (SSSR count). The minimum absolute atomic E-state index is 0.0178. The Morgan fingerprint density at radius 1 is 0.765 bits per heavy atom. The number of hydrogen-bond acceptors (Lipinski definition) is 0. The van der Waals surface area contributed by atoms with Gasteiger partial charge in [0.25, 0.3) is 0 Å². The molecule has 0 aliphatic heterocycles. The van der Waals surface area contributed by atoms with Gasteiger partial charge in [-0.2, -0.15) is 0 Å². The van der Waals surface area contributed by atoms with E-state index in [0.717, 1.165) is 0 Å². The van der Waals surface area contributed by atoms with Crippen LogP contribution < -0.4 is 0 Å². The van der Waals surface area contributed by atoms with Crippen LogP contribution in [0.4, 0.5) is 0 Å². The van der Waals surface area contributed by atoms with Crippen molar-refractivity contribution in [3.8, 4) is 11.1 Å². The Morgan fingerprint density at radius 3 is 2.29 bits per heavy atom. The predicted molar refractivity (Wildman–Crippen MR) is 74.4 cm³/mol. The Bertz CT molecular complexity index is 937. The maximum Gasteiger partial charge on any atom is 0.0645 e. The first-order chi connectivity index (χ1) is 10.9. The van der Waals surface area contributed by atoms with E-state index >= 15 is 0 Å². The molecule has 0 aromatic heterocycles. The summed E-state index contributed by atoms with van der Waals surface area (Å²) in [6.45, 7) is 0. The highest BCUT2D eigenvalue weighted by molar-refractivity contribution is 6.31. The molecule has 0 aliphatic rings. The average Bonchev–Trinajstić information content (AvgIpc) is 2.55. The van der Waals surface area contributed by atoms with Gasteiger partial charge in [0.2, 0.25) is 0 Å². The number of hydrogen-bond donors (Lipinski definition) is 0. The molecular formula is C16H11Cl. The van der Waals surface area contributed by atoms with Gasteiger partial charge in [-0.15, -0.1) is 0 Å². The van der Waals surface area contributed by atoms with Crippen molar-refractivity contribution in [2.75, 3.05) is 0 Å². The van der Waals surface area contributed by atoms with Crippen LogP contribution in [0.15, 0.2) is 66.6 Å². The van der Waals surface area contributed by atoms with Gasteiger partial charge in [0, 0.05) is 5.02 Å². The molecule has 3 aromatic carbocycles. The molecule has 0 spiro atoms.